The molecule has 0 saturated heterocycles. The van der Waals surface area contributed by atoms with E-state index in [0.717, 1.165) is 5.75 Å². The van der Waals surface area contributed by atoms with Crippen molar-refractivity contribution in [3.63, 3.8) is 0 Å². The van der Waals surface area contributed by atoms with Crippen molar-refractivity contribution in [3.05, 3.63) is 46.6 Å². The van der Waals surface area contributed by atoms with Crippen LogP contribution in [0.4, 0.5) is 0 Å². The number of ether oxygens (including phenoxy) is 1. The van der Waals surface area contributed by atoms with Crippen molar-refractivity contribution in [2.75, 3.05) is 7.11 Å². The Bertz CT molecular complexity index is 840. The Morgan fingerprint density at radius 1 is 1.03 bits per heavy atom. The fourth-order valence-corrected chi connectivity index (χ4v) is 7.93. The molecule has 2 unspecified atom stereocenters. The Morgan fingerprint density at radius 2 is 1.60 bits per heavy atom. The predicted octanol–water partition coefficient (Wildman–Crippen LogP) is 7.60. The van der Waals surface area contributed by atoms with Crippen LogP contribution < -0.4 is 9.92 Å². The first kappa shape index (κ1) is 25.2. The monoisotopic (exact) mass is 441 g/mol. The van der Waals surface area contributed by atoms with Gasteiger partial charge in [0.25, 0.3) is 0 Å². The molecule has 1 aromatic carbocycles. The second-order valence-corrected chi connectivity index (χ2v) is 20.4. The summed E-state index contributed by atoms with van der Waals surface area (Å²) in [4.78, 5) is 0. The smallest absolute Gasteiger partial charge is 0.126 e. The topological polar surface area (TPSA) is 9.23 Å². The van der Waals surface area contributed by atoms with Gasteiger partial charge in [-0.2, -0.15) is 0 Å². The molecule has 1 radical (unpaired) electrons. The molecule has 0 saturated carbocycles. The molecule has 3 heteroatoms. The molecule has 1 aromatic rings. The Labute approximate surface area is 189 Å². The molecule has 1 nitrogen and oxygen atoms in total. The summed E-state index contributed by atoms with van der Waals surface area (Å²) in [5.74, 6) is 1.46. The van der Waals surface area contributed by atoms with Crippen molar-refractivity contribution in [2.45, 2.75) is 98.1 Å². The van der Waals surface area contributed by atoms with Gasteiger partial charge in [-0.3, -0.25) is 0 Å². The lowest BCUT2D eigenvalue weighted by Crippen LogP contribution is -2.36. The van der Waals surface area contributed by atoms with Gasteiger partial charge in [-0.05, 0) is 28.9 Å². The van der Waals surface area contributed by atoms with E-state index in [1.54, 1.807) is 5.19 Å². The number of allylic oxidation sites excluding steroid dienone is 4. The minimum absolute atomic E-state index is 0.0426. The van der Waals surface area contributed by atoms with Gasteiger partial charge in [0.05, 0.1) is 24.0 Å². The molecule has 1 aliphatic rings. The first-order valence-electron chi connectivity index (χ1n) is 11.4. The lowest BCUT2D eigenvalue weighted by Gasteiger charge is -2.38. The van der Waals surface area contributed by atoms with E-state index in [4.69, 9.17) is 4.74 Å². The Balaban J connectivity index is 2.92. The average molecular weight is 442 g/mol. The highest BCUT2D eigenvalue weighted by molar-refractivity contribution is 6.78. The maximum Gasteiger partial charge on any atom is 0.126 e. The molecule has 167 valence electrons. The largest absolute Gasteiger partial charge is 0.496 e. The standard InChI is InChI=1S/C27H45OSi2/c1-18-16-21(26(2,3)4)24(28-8)22(25(18)29(9)10)23(27(5,6)7)19-14-15-20(17-19)30(11,12)13/h14-17,20,23H,1-13H3. The lowest BCUT2D eigenvalue weighted by atomic mass is 9.70. The lowest BCUT2D eigenvalue weighted by molar-refractivity contribution is 0.337. The van der Waals surface area contributed by atoms with Gasteiger partial charge in [0.1, 0.15) is 5.75 Å². The minimum atomic E-state index is -1.27. The summed E-state index contributed by atoms with van der Waals surface area (Å²) in [6, 6.07) is 2.40. The Kier molecular flexibility index (Phi) is 7.11. The van der Waals surface area contributed by atoms with Crippen molar-refractivity contribution in [2.24, 2.45) is 5.41 Å². The fourth-order valence-electron chi connectivity index (χ4n) is 4.91. The van der Waals surface area contributed by atoms with Crippen molar-refractivity contribution in [3.8, 4) is 5.75 Å². The van der Waals surface area contributed by atoms with Crippen LogP contribution in [-0.2, 0) is 5.41 Å². The van der Waals surface area contributed by atoms with Crippen LogP contribution in [0.3, 0.4) is 0 Å². The van der Waals surface area contributed by atoms with E-state index >= 15 is 0 Å². The van der Waals surface area contributed by atoms with Gasteiger partial charge in [0.2, 0.25) is 0 Å². The highest BCUT2D eigenvalue weighted by Gasteiger charge is 2.38. The summed E-state index contributed by atoms with van der Waals surface area (Å²) >= 11 is 0. The second kappa shape index (κ2) is 8.46. The third-order valence-corrected chi connectivity index (χ3v) is 10.4. The summed E-state index contributed by atoms with van der Waals surface area (Å²) in [5, 5.41) is 1.57. The maximum absolute atomic E-state index is 6.25. The molecule has 0 fully saturated rings. The van der Waals surface area contributed by atoms with Crippen LogP contribution in [0, 0.1) is 12.3 Å². The van der Waals surface area contributed by atoms with E-state index in [2.05, 4.69) is 105 Å². The van der Waals surface area contributed by atoms with E-state index in [0.29, 0.717) is 11.5 Å². The second-order valence-electron chi connectivity index (χ2n) is 12.5. The van der Waals surface area contributed by atoms with E-state index in [1.807, 2.05) is 7.11 Å². The molecule has 0 aliphatic heterocycles. The quantitative estimate of drug-likeness (QED) is 0.427. The molecule has 2 atom stereocenters. The predicted molar refractivity (Wildman–Crippen MR) is 140 cm³/mol. The van der Waals surface area contributed by atoms with Crippen LogP contribution in [0.1, 0.15) is 64.2 Å². The van der Waals surface area contributed by atoms with Gasteiger partial charge in [-0.15, -0.1) is 0 Å². The highest BCUT2D eigenvalue weighted by atomic mass is 28.3. The minimum Gasteiger partial charge on any atom is -0.496 e. The molecule has 0 amide bonds. The Hall–Kier alpha value is -1.07. The highest BCUT2D eigenvalue weighted by Crippen LogP contribution is 2.49. The first-order chi connectivity index (χ1) is 13.5. The Morgan fingerprint density at radius 3 is 1.97 bits per heavy atom. The van der Waals surface area contributed by atoms with Gasteiger partial charge in [0.15, 0.2) is 0 Å². The number of methoxy groups -OCH3 is 1. The van der Waals surface area contributed by atoms with Crippen molar-refractivity contribution >= 4 is 22.1 Å². The number of hydrogen-bond acceptors (Lipinski definition) is 1. The number of benzene rings is 1. The molecule has 0 spiro atoms. The van der Waals surface area contributed by atoms with E-state index in [9.17, 15) is 0 Å². The van der Waals surface area contributed by atoms with Crippen molar-refractivity contribution in [1.82, 2.24) is 0 Å². The number of aryl methyl sites for hydroxylation is 1. The van der Waals surface area contributed by atoms with E-state index in [-0.39, 0.29) is 10.8 Å². The molecule has 0 aromatic heterocycles. The van der Waals surface area contributed by atoms with Gasteiger partial charge >= 0.3 is 0 Å². The van der Waals surface area contributed by atoms with Crippen molar-refractivity contribution < 1.29 is 4.74 Å². The summed E-state index contributed by atoms with van der Waals surface area (Å²) in [6.07, 6.45) is 7.48. The van der Waals surface area contributed by atoms with Gasteiger partial charge < -0.3 is 4.74 Å². The first-order valence-corrected chi connectivity index (χ1v) is 17.5. The SMILES string of the molecule is COc1c(C(C)(C)C)cc(C)c([Si](C)C)c1C(C1=CC([Si](C)(C)C)C=C1)C(C)(C)C. The summed E-state index contributed by atoms with van der Waals surface area (Å²) in [7, 11) is -0.0618. The van der Waals surface area contributed by atoms with Gasteiger partial charge in [-0.1, -0.05) is 109 Å². The zero-order chi connectivity index (χ0) is 23.2. The van der Waals surface area contributed by atoms with Crippen molar-refractivity contribution in [1.29, 1.82) is 0 Å². The normalized spacial score (nSPS) is 18.7. The molecular weight excluding hydrogens is 396 g/mol. The third-order valence-electron chi connectivity index (χ3n) is 6.38. The molecular formula is C27H45OSi2. The fraction of sp³-hybridized carbons (Fsp3) is 0.630. The van der Waals surface area contributed by atoms with E-state index < -0.39 is 16.9 Å². The maximum atomic E-state index is 6.25. The molecule has 0 heterocycles. The van der Waals surface area contributed by atoms with Crippen LogP contribution >= 0.6 is 0 Å². The van der Waals surface area contributed by atoms with Gasteiger partial charge in [-0.25, -0.2) is 0 Å². The zero-order valence-electron chi connectivity index (χ0n) is 21.9. The van der Waals surface area contributed by atoms with Crippen LogP contribution in [0.2, 0.25) is 38.3 Å². The van der Waals surface area contributed by atoms with Crippen LogP contribution in [0.5, 0.6) is 5.75 Å². The van der Waals surface area contributed by atoms with Gasteiger partial charge in [0, 0.05) is 17.0 Å². The van der Waals surface area contributed by atoms with Crippen LogP contribution in [0.15, 0.2) is 29.9 Å². The average Bonchev–Trinajstić information content (AvgIpc) is 3.01. The van der Waals surface area contributed by atoms with Crippen LogP contribution in [0.25, 0.3) is 0 Å². The summed E-state index contributed by atoms with van der Waals surface area (Å²) < 4.78 is 6.25. The molecule has 30 heavy (non-hydrogen) atoms. The molecule has 0 N–H and O–H groups in total. The number of hydrogen-bond donors (Lipinski definition) is 0. The molecule has 0 bridgehead atoms. The molecule has 1 aliphatic carbocycles. The van der Waals surface area contributed by atoms with Crippen LogP contribution in [-0.4, -0.2) is 24.0 Å². The molecule has 2 rings (SSSR count). The van der Waals surface area contributed by atoms with E-state index in [1.165, 1.54) is 22.3 Å². The summed E-state index contributed by atoms with van der Waals surface area (Å²) in [6.45, 7) is 28.7. The summed E-state index contributed by atoms with van der Waals surface area (Å²) in [5.41, 5.74) is 6.49. The third kappa shape index (κ3) is 5.04. The number of rotatable bonds is 5. The zero-order valence-corrected chi connectivity index (χ0v) is 23.9.